The summed E-state index contributed by atoms with van der Waals surface area (Å²) in [6.45, 7) is 2.72. The van der Waals surface area contributed by atoms with Crippen molar-refractivity contribution < 1.29 is 4.92 Å². The number of hydrogen-bond acceptors (Lipinski definition) is 3. The van der Waals surface area contributed by atoms with Gasteiger partial charge in [0, 0.05) is 29.2 Å². The summed E-state index contributed by atoms with van der Waals surface area (Å²) in [5.74, 6) is 0.751. The van der Waals surface area contributed by atoms with E-state index in [0.29, 0.717) is 23.2 Å². The highest BCUT2D eigenvalue weighted by atomic mass is 35.5. The topological polar surface area (TPSA) is 55.2 Å². The van der Waals surface area contributed by atoms with E-state index < -0.39 is 0 Å². The van der Waals surface area contributed by atoms with Crippen LogP contribution in [0.5, 0.6) is 0 Å². The van der Waals surface area contributed by atoms with Crippen molar-refractivity contribution in [2.24, 2.45) is 5.92 Å². The highest BCUT2D eigenvalue weighted by Crippen LogP contribution is 2.35. The molecule has 0 spiro atoms. The summed E-state index contributed by atoms with van der Waals surface area (Å²) < 4.78 is 0. The first kappa shape index (κ1) is 13.3. The van der Waals surface area contributed by atoms with E-state index in [0.717, 1.165) is 5.92 Å². The summed E-state index contributed by atoms with van der Waals surface area (Å²) in [4.78, 5) is 10.5. The van der Waals surface area contributed by atoms with Crippen molar-refractivity contribution in [3.8, 4) is 0 Å². The van der Waals surface area contributed by atoms with Crippen molar-refractivity contribution in [2.75, 3.05) is 0 Å². The van der Waals surface area contributed by atoms with Crippen LogP contribution in [0.2, 0.25) is 5.02 Å². The van der Waals surface area contributed by atoms with Crippen LogP contribution in [0.4, 0.5) is 5.69 Å². The van der Waals surface area contributed by atoms with E-state index in [4.69, 9.17) is 11.6 Å². The number of hydrogen-bond donors (Lipinski definition) is 1. The monoisotopic (exact) mass is 268 g/mol. The maximum absolute atomic E-state index is 10.9. The van der Waals surface area contributed by atoms with Crippen LogP contribution in [-0.4, -0.2) is 11.0 Å². The lowest BCUT2D eigenvalue weighted by Gasteiger charge is -2.05. The highest BCUT2D eigenvalue weighted by molar-refractivity contribution is 6.30. The minimum Gasteiger partial charge on any atom is -0.309 e. The Labute approximate surface area is 111 Å². The Morgan fingerprint density at radius 3 is 3.00 bits per heavy atom. The average molecular weight is 269 g/mol. The van der Waals surface area contributed by atoms with Crippen molar-refractivity contribution in [3.05, 3.63) is 38.9 Å². The van der Waals surface area contributed by atoms with Gasteiger partial charge in [0.25, 0.3) is 5.69 Å². The van der Waals surface area contributed by atoms with Crippen molar-refractivity contribution >= 4 is 17.3 Å². The fraction of sp³-hybridized carbons (Fsp3) is 0.538. The molecule has 0 heterocycles. The van der Waals surface area contributed by atoms with Crippen molar-refractivity contribution in [1.82, 2.24) is 5.32 Å². The Hall–Kier alpha value is -1.13. The van der Waals surface area contributed by atoms with E-state index in [9.17, 15) is 10.1 Å². The number of nitro groups is 1. The molecule has 1 aromatic carbocycles. The maximum atomic E-state index is 10.9. The van der Waals surface area contributed by atoms with E-state index in [-0.39, 0.29) is 10.6 Å². The molecule has 0 aromatic heterocycles. The number of halogens is 1. The molecule has 1 N–H and O–H groups in total. The van der Waals surface area contributed by atoms with Gasteiger partial charge >= 0.3 is 0 Å². The standard InChI is InChI=1S/C13H17ClN2O2/c1-2-3-9-6-12(9)15-8-10-4-5-11(14)7-13(10)16(17)18/h4-5,7,9,12,15H,2-3,6,8H2,1H3. The van der Waals surface area contributed by atoms with Gasteiger partial charge in [-0.3, -0.25) is 10.1 Å². The summed E-state index contributed by atoms with van der Waals surface area (Å²) >= 11 is 5.78. The van der Waals surface area contributed by atoms with Gasteiger partial charge in [-0.15, -0.1) is 0 Å². The number of nitro benzene ring substituents is 1. The number of nitrogens with one attached hydrogen (secondary N) is 1. The fourth-order valence-corrected chi connectivity index (χ4v) is 2.45. The van der Waals surface area contributed by atoms with E-state index >= 15 is 0 Å². The molecule has 2 rings (SSSR count). The second kappa shape index (κ2) is 5.67. The van der Waals surface area contributed by atoms with Gasteiger partial charge in [-0.05, 0) is 30.9 Å². The third-order valence-corrected chi connectivity index (χ3v) is 3.62. The second-order valence-electron chi connectivity index (χ2n) is 4.80. The molecule has 98 valence electrons. The highest BCUT2D eigenvalue weighted by Gasteiger charge is 2.35. The first-order valence-electron chi connectivity index (χ1n) is 6.28. The van der Waals surface area contributed by atoms with Crippen LogP contribution in [0, 0.1) is 16.0 Å². The van der Waals surface area contributed by atoms with Crippen molar-refractivity contribution in [3.63, 3.8) is 0 Å². The fourth-order valence-electron chi connectivity index (χ4n) is 2.28. The van der Waals surface area contributed by atoms with Gasteiger partial charge in [-0.25, -0.2) is 0 Å². The quantitative estimate of drug-likeness (QED) is 0.634. The summed E-state index contributed by atoms with van der Waals surface area (Å²) in [5.41, 5.74) is 0.800. The molecule has 0 amide bonds. The van der Waals surface area contributed by atoms with Gasteiger partial charge in [0.1, 0.15) is 0 Å². The molecule has 0 aliphatic heterocycles. The first-order valence-corrected chi connectivity index (χ1v) is 6.65. The summed E-state index contributed by atoms with van der Waals surface area (Å²) in [7, 11) is 0. The lowest BCUT2D eigenvalue weighted by atomic mass is 10.1. The van der Waals surface area contributed by atoms with Gasteiger partial charge in [0.15, 0.2) is 0 Å². The SMILES string of the molecule is CCCC1CC1NCc1ccc(Cl)cc1[N+](=O)[O-]. The zero-order valence-electron chi connectivity index (χ0n) is 10.4. The zero-order chi connectivity index (χ0) is 13.1. The molecule has 1 aliphatic carbocycles. The molecular formula is C13H17ClN2O2. The molecule has 1 aliphatic rings. The van der Waals surface area contributed by atoms with Crippen LogP contribution in [0.25, 0.3) is 0 Å². The molecule has 0 saturated heterocycles. The van der Waals surface area contributed by atoms with Crippen LogP contribution in [0.15, 0.2) is 18.2 Å². The van der Waals surface area contributed by atoms with Gasteiger partial charge in [0.05, 0.1) is 4.92 Å². The lowest BCUT2D eigenvalue weighted by molar-refractivity contribution is -0.385. The number of nitrogens with zero attached hydrogens (tertiary/aromatic N) is 1. The van der Waals surface area contributed by atoms with Crippen LogP contribution in [-0.2, 0) is 6.54 Å². The molecule has 4 nitrogen and oxygen atoms in total. The molecule has 2 unspecified atom stereocenters. The first-order chi connectivity index (χ1) is 8.61. The third kappa shape index (κ3) is 3.21. The van der Waals surface area contributed by atoms with E-state index in [1.165, 1.54) is 25.3 Å². The summed E-state index contributed by atoms with van der Waals surface area (Å²) in [5, 5.41) is 14.7. The summed E-state index contributed by atoms with van der Waals surface area (Å²) in [6, 6.07) is 5.36. The van der Waals surface area contributed by atoms with Crippen LogP contribution >= 0.6 is 11.6 Å². The Bertz CT molecular complexity index is 451. The van der Waals surface area contributed by atoms with Gasteiger partial charge in [-0.1, -0.05) is 24.9 Å². The van der Waals surface area contributed by atoms with Crippen molar-refractivity contribution in [2.45, 2.75) is 38.8 Å². The molecular weight excluding hydrogens is 252 g/mol. The van der Waals surface area contributed by atoms with Gasteiger partial charge in [0.2, 0.25) is 0 Å². The minimum absolute atomic E-state index is 0.0997. The smallest absolute Gasteiger partial charge is 0.275 e. The third-order valence-electron chi connectivity index (χ3n) is 3.38. The van der Waals surface area contributed by atoms with Crippen LogP contribution in [0.3, 0.4) is 0 Å². The average Bonchev–Trinajstić information content (AvgIpc) is 3.06. The van der Waals surface area contributed by atoms with Gasteiger partial charge < -0.3 is 5.32 Å². The molecule has 1 saturated carbocycles. The Kier molecular flexibility index (Phi) is 4.19. The largest absolute Gasteiger partial charge is 0.309 e. The van der Waals surface area contributed by atoms with E-state index in [2.05, 4.69) is 12.2 Å². The predicted molar refractivity (Wildman–Crippen MR) is 71.7 cm³/mol. The Balaban J connectivity index is 1.95. The molecule has 2 atom stereocenters. The molecule has 18 heavy (non-hydrogen) atoms. The molecule has 0 radical (unpaired) electrons. The second-order valence-corrected chi connectivity index (χ2v) is 5.24. The summed E-state index contributed by atoms with van der Waals surface area (Å²) in [6.07, 6.45) is 3.62. The lowest BCUT2D eigenvalue weighted by Crippen LogP contribution is -2.18. The van der Waals surface area contributed by atoms with Crippen LogP contribution < -0.4 is 5.32 Å². The normalized spacial score (nSPS) is 21.9. The Morgan fingerprint density at radius 2 is 2.33 bits per heavy atom. The van der Waals surface area contributed by atoms with Crippen molar-refractivity contribution in [1.29, 1.82) is 0 Å². The molecule has 1 aromatic rings. The van der Waals surface area contributed by atoms with Gasteiger partial charge in [-0.2, -0.15) is 0 Å². The minimum atomic E-state index is -0.376. The van der Waals surface area contributed by atoms with E-state index in [1.54, 1.807) is 12.1 Å². The number of rotatable bonds is 6. The Morgan fingerprint density at radius 1 is 1.56 bits per heavy atom. The zero-order valence-corrected chi connectivity index (χ0v) is 11.1. The maximum Gasteiger partial charge on any atom is 0.275 e. The molecule has 1 fully saturated rings. The van der Waals surface area contributed by atoms with Crippen LogP contribution in [0.1, 0.15) is 31.7 Å². The predicted octanol–water partition coefficient (Wildman–Crippen LogP) is 3.53. The number of benzene rings is 1. The van der Waals surface area contributed by atoms with E-state index in [1.807, 2.05) is 0 Å². The molecule has 5 heteroatoms. The molecule has 0 bridgehead atoms.